The average molecular weight is 278 g/mol. The molecule has 1 aromatic rings. The van der Waals surface area contributed by atoms with Crippen LogP contribution in [0.5, 0.6) is 0 Å². The molecule has 0 radical (unpaired) electrons. The molecule has 0 spiro atoms. The number of nitrogens with one attached hydrogen (secondary N) is 1. The molecular weight excluding hydrogens is 252 g/mol. The zero-order valence-electron chi connectivity index (χ0n) is 12.6. The zero-order chi connectivity index (χ0) is 14.4. The lowest BCUT2D eigenvalue weighted by Gasteiger charge is -2.27. The molecule has 0 aliphatic carbocycles. The Kier molecular flexibility index (Phi) is 5.59. The van der Waals surface area contributed by atoms with Gasteiger partial charge in [0.25, 0.3) is 0 Å². The summed E-state index contributed by atoms with van der Waals surface area (Å²) >= 11 is 0. The van der Waals surface area contributed by atoms with Crippen molar-refractivity contribution in [2.24, 2.45) is 0 Å². The normalized spacial score (nSPS) is 17.2. The van der Waals surface area contributed by atoms with Gasteiger partial charge in [-0.15, -0.1) is 0 Å². The first-order chi connectivity index (χ1) is 9.70. The van der Waals surface area contributed by atoms with Gasteiger partial charge >= 0.3 is 0 Å². The summed E-state index contributed by atoms with van der Waals surface area (Å²) in [5, 5.41) is 7.68. The lowest BCUT2D eigenvalue weighted by molar-refractivity contribution is -0.132. The number of nitrogens with zero attached hydrogens (tertiary/aromatic N) is 3. The second-order valence-electron chi connectivity index (χ2n) is 5.50. The molecule has 0 aromatic carbocycles. The minimum Gasteiger partial charge on any atom is -0.343 e. The maximum atomic E-state index is 12.0. The van der Waals surface area contributed by atoms with E-state index in [1.807, 2.05) is 15.8 Å². The van der Waals surface area contributed by atoms with Crippen molar-refractivity contribution in [1.29, 1.82) is 0 Å². The predicted octanol–water partition coefficient (Wildman–Crippen LogP) is 1.96. The molecule has 1 amide bonds. The molecule has 0 saturated carbocycles. The minimum absolute atomic E-state index is 0.240. The maximum absolute atomic E-state index is 12.0. The third-order valence-electron chi connectivity index (χ3n) is 3.98. The molecule has 1 N–H and O–H groups in total. The lowest BCUT2D eigenvalue weighted by atomic mass is 10.1. The van der Waals surface area contributed by atoms with Crippen molar-refractivity contribution < 1.29 is 4.79 Å². The maximum Gasteiger partial charge on any atom is 0.223 e. The average Bonchev–Trinajstić information content (AvgIpc) is 2.97. The van der Waals surface area contributed by atoms with Crippen LogP contribution < -0.4 is 5.32 Å². The summed E-state index contributed by atoms with van der Waals surface area (Å²) in [5.74, 6) is 0.286. The summed E-state index contributed by atoms with van der Waals surface area (Å²) in [5.41, 5.74) is 1.18. The van der Waals surface area contributed by atoms with Gasteiger partial charge in [0.2, 0.25) is 5.91 Å². The van der Waals surface area contributed by atoms with E-state index in [0.29, 0.717) is 6.42 Å². The number of rotatable bonds is 6. The van der Waals surface area contributed by atoms with Crippen LogP contribution in [0, 0.1) is 0 Å². The van der Waals surface area contributed by atoms with Crippen molar-refractivity contribution >= 4 is 5.91 Å². The monoisotopic (exact) mass is 278 g/mol. The molecule has 1 atom stereocenters. The first-order valence-corrected chi connectivity index (χ1v) is 7.74. The summed E-state index contributed by atoms with van der Waals surface area (Å²) in [6, 6.07) is 0.240. The topological polar surface area (TPSA) is 50.2 Å². The first kappa shape index (κ1) is 15.0. The fourth-order valence-corrected chi connectivity index (χ4v) is 2.59. The largest absolute Gasteiger partial charge is 0.343 e. The molecule has 2 rings (SSSR count). The highest BCUT2D eigenvalue weighted by molar-refractivity contribution is 5.76. The van der Waals surface area contributed by atoms with E-state index < -0.39 is 0 Å². The fraction of sp³-hybridized carbons (Fsp3) is 0.733. The number of hydrogen-bond acceptors (Lipinski definition) is 3. The van der Waals surface area contributed by atoms with Gasteiger partial charge in [0.15, 0.2) is 0 Å². The Hall–Kier alpha value is -1.36. The molecule has 0 bridgehead atoms. The summed E-state index contributed by atoms with van der Waals surface area (Å²) in [6.45, 7) is 7.69. The van der Waals surface area contributed by atoms with Crippen LogP contribution in [-0.2, 0) is 11.3 Å². The van der Waals surface area contributed by atoms with Crippen LogP contribution >= 0.6 is 0 Å². The van der Waals surface area contributed by atoms with E-state index in [0.717, 1.165) is 39.0 Å². The van der Waals surface area contributed by atoms with Crippen LogP contribution in [0.3, 0.4) is 0 Å². The molecule has 5 nitrogen and oxygen atoms in total. The Morgan fingerprint density at radius 3 is 2.80 bits per heavy atom. The van der Waals surface area contributed by atoms with E-state index in [2.05, 4.69) is 30.5 Å². The van der Waals surface area contributed by atoms with Crippen LogP contribution in [0.1, 0.15) is 51.1 Å². The second kappa shape index (κ2) is 7.43. The Bertz CT molecular complexity index is 423. The Balaban J connectivity index is 1.70. The van der Waals surface area contributed by atoms with Gasteiger partial charge < -0.3 is 10.2 Å². The van der Waals surface area contributed by atoms with Crippen LogP contribution in [0.4, 0.5) is 0 Å². The Labute approximate surface area is 121 Å². The van der Waals surface area contributed by atoms with Gasteiger partial charge in [-0.3, -0.25) is 9.48 Å². The standard InChI is InChI=1S/C15H26N4O/c1-3-19-12-14(11-17-19)13(2)16-8-7-15(20)18-9-5-4-6-10-18/h11-13,16H,3-10H2,1-2H3. The number of aromatic nitrogens is 2. The zero-order valence-corrected chi connectivity index (χ0v) is 12.6. The summed E-state index contributed by atoms with van der Waals surface area (Å²) in [4.78, 5) is 14.0. The van der Waals surface area contributed by atoms with Crippen LogP contribution in [0.2, 0.25) is 0 Å². The smallest absolute Gasteiger partial charge is 0.223 e. The summed E-state index contributed by atoms with van der Waals surface area (Å²) in [6.07, 6.45) is 8.13. The third kappa shape index (κ3) is 4.07. The van der Waals surface area contributed by atoms with E-state index in [-0.39, 0.29) is 11.9 Å². The molecule has 1 unspecified atom stereocenters. The number of carbonyl (C=O) groups is 1. The molecule has 20 heavy (non-hydrogen) atoms. The van der Waals surface area contributed by atoms with E-state index in [4.69, 9.17) is 0 Å². The SMILES string of the molecule is CCn1cc(C(C)NCCC(=O)N2CCCCC2)cn1. The third-order valence-corrected chi connectivity index (χ3v) is 3.98. The highest BCUT2D eigenvalue weighted by atomic mass is 16.2. The predicted molar refractivity (Wildman–Crippen MR) is 79.4 cm³/mol. The van der Waals surface area contributed by atoms with Gasteiger partial charge in [-0.1, -0.05) is 0 Å². The first-order valence-electron chi connectivity index (χ1n) is 7.74. The van der Waals surface area contributed by atoms with Crippen molar-refractivity contribution in [2.75, 3.05) is 19.6 Å². The van der Waals surface area contributed by atoms with Gasteiger partial charge in [0.05, 0.1) is 6.20 Å². The van der Waals surface area contributed by atoms with Crippen molar-refractivity contribution in [3.8, 4) is 0 Å². The molecule has 1 aliphatic rings. The van der Waals surface area contributed by atoms with Crippen molar-refractivity contribution in [3.05, 3.63) is 18.0 Å². The van der Waals surface area contributed by atoms with Crippen LogP contribution in [-0.4, -0.2) is 40.2 Å². The second-order valence-corrected chi connectivity index (χ2v) is 5.50. The van der Waals surface area contributed by atoms with Crippen molar-refractivity contribution in [3.63, 3.8) is 0 Å². The van der Waals surface area contributed by atoms with E-state index in [9.17, 15) is 4.79 Å². The number of piperidine rings is 1. The minimum atomic E-state index is 0.240. The quantitative estimate of drug-likeness (QED) is 0.865. The molecule has 112 valence electrons. The number of amides is 1. The van der Waals surface area contributed by atoms with Gasteiger partial charge in [0.1, 0.15) is 0 Å². The molecule has 5 heteroatoms. The van der Waals surface area contributed by atoms with Crippen LogP contribution in [0.25, 0.3) is 0 Å². The van der Waals surface area contributed by atoms with E-state index in [1.54, 1.807) is 0 Å². The molecule has 1 aliphatic heterocycles. The van der Waals surface area contributed by atoms with Crippen molar-refractivity contribution in [2.45, 2.75) is 52.1 Å². The Morgan fingerprint density at radius 1 is 1.40 bits per heavy atom. The number of carbonyl (C=O) groups excluding carboxylic acids is 1. The van der Waals surface area contributed by atoms with Crippen molar-refractivity contribution in [1.82, 2.24) is 20.0 Å². The molecule has 1 aromatic heterocycles. The van der Waals surface area contributed by atoms with Crippen LogP contribution in [0.15, 0.2) is 12.4 Å². The number of aryl methyl sites for hydroxylation is 1. The molecule has 1 saturated heterocycles. The molecule has 1 fully saturated rings. The Morgan fingerprint density at radius 2 is 2.15 bits per heavy atom. The van der Waals surface area contributed by atoms with E-state index in [1.165, 1.54) is 12.0 Å². The number of likely N-dealkylation sites (tertiary alicyclic amines) is 1. The van der Waals surface area contributed by atoms with Gasteiger partial charge in [-0.25, -0.2) is 0 Å². The van der Waals surface area contributed by atoms with E-state index >= 15 is 0 Å². The molecular formula is C15H26N4O. The highest BCUT2D eigenvalue weighted by Crippen LogP contribution is 2.12. The van der Waals surface area contributed by atoms with Gasteiger partial charge in [-0.2, -0.15) is 5.10 Å². The summed E-state index contributed by atoms with van der Waals surface area (Å²) < 4.78 is 1.92. The lowest BCUT2D eigenvalue weighted by Crippen LogP contribution is -2.37. The summed E-state index contributed by atoms with van der Waals surface area (Å²) in [7, 11) is 0. The highest BCUT2D eigenvalue weighted by Gasteiger charge is 2.16. The van der Waals surface area contributed by atoms with Gasteiger partial charge in [-0.05, 0) is 33.1 Å². The fourth-order valence-electron chi connectivity index (χ4n) is 2.59. The van der Waals surface area contributed by atoms with Gasteiger partial charge in [0, 0.05) is 50.4 Å². The number of hydrogen-bond donors (Lipinski definition) is 1. The molecule has 2 heterocycles.